The minimum atomic E-state index is 0.380. The molecular formula is C10H16N4. The summed E-state index contributed by atoms with van der Waals surface area (Å²) in [4.78, 5) is 10.9. The first-order valence-electron chi connectivity index (χ1n) is 5.08. The molecule has 0 radical (unpaired) electrons. The van der Waals surface area contributed by atoms with Gasteiger partial charge < -0.3 is 5.32 Å². The molecule has 1 aliphatic rings. The van der Waals surface area contributed by atoms with E-state index in [1.54, 1.807) is 12.4 Å². The lowest BCUT2D eigenvalue weighted by Crippen LogP contribution is -2.44. The van der Waals surface area contributed by atoms with Gasteiger partial charge in [-0.1, -0.05) is 0 Å². The Morgan fingerprint density at radius 2 is 2.14 bits per heavy atom. The molecule has 2 rings (SSSR count). The highest BCUT2D eigenvalue weighted by Gasteiger charge is 2.18. The summed E-state index contributed by atoms with van der Waals surface area (Å²) < 4.78 is 0. The van der Waals surface area contributed by atoms with Gasteiger partial charge in [-0.05, 0) is 6.92 Å². The molecule has 1 N–H and O–H groups in total. The van der Waals surface area contributed by atoms with Gasteiger partial charge in [0.05, 0.1) is 11.7 Å². The molecule has 4 heteroatoms. The molecule has 0 aromatic carbocycles. The van der Waals surface area contributed by atoms with Crippen LogP contribution in [0.3, 0.4) is 0 Å². The standard InChI is InChI=1S/C10H16N4/c1-9(10-8-12-2-3-13-10)14-6-4-11-5-7-14/h2-3,8-9,11H,4-7H2,1H3/t9-/m1/s1. The average molecular weight is 192 g/mol. The van der Waals surface area contributed by atoms with E-state index in [4.69, 9.17) is 0 Å². The van der Waals surface area contributed by atoms with Crippen LogP contribution in [0.2, 0.25) is 0 Å². The zero-order valence-corrected chi connectivity index (χ0v) is 8.48. The van der Waals surface area contributed by atoms with Gasteiger partial charge in [-0.2, -0.15) is 0 Å². The highest BCUT2D eigenvalue weighted by atomic mass is 15.2. The Morgan fingerprint density at radius 3 is 2.79 bits per heavy atom. The quantitative estimate of drug-likeness (QED) is 0.738. The Morgan fingerprint density at radius 1 is 1.36 bits per heavy atom. The minimum absolute atomic E-state index is 0.380. The molecule has 1 fully saturated rings. The maximum absolute atomic E-state index is 4.33. The maximum atomic E-state index is 4.33. The molecule has 1 atom stereocenters. The third-order valence-corrected chi connectivity index (χ3v) is 2.71. The van der Waals surface area contributed by atoms with Crippen molar-refractivity contribution >= 4 is 0 Å². The van der Waals surface area contributed by atoms with Gasteiger partial charge in [-0.3, -0.25) is 14.9 Å². The zero-order chi connectivity index (χ0) is 9.80. The number of aromatic nitrogens is 2. The van der Waals surface area contributed by atoms with Gasteiger partial charge in [0.2, 0.25) is 0 Å². The van der Waals surface area contributed by atoms with E-state index in [0.29, 0.717) is 6.04 Å². The van der Waals surface area contributed by atoms with Crippen molar-refractivity contribution in [2.45, 2.75) is 13.0 Å². The summed E-state index contributed by atoms with van der Waals surface area (Å²) in [6.45, 7) is 6.53. The number of nitrogens with zero attached hydrogens (tertiary/aromatic N) is 3. The average Bonchev–Trinajstić information content (AvgIpc) is 2.30. The first kappa shape index (κ1) is 9.55. The molecule has 0 aliphatic carbocycles. The van der Waals surface area contributed by atoms with Crippen molar-refractivity contribution in [1.82, 2.24) is 20.2 Å². The third kappa shape index (κ3) is 2.08. The Bertz CT molecular complexity index is 269. The maximum Gasteiger partial charge on any atom is 0.0755 e. The number of hydrogen-bond acceptors (Lipinski definition) is 4. The molecule has 1 saturated heterocycles. The van der Waals surface area contributed by atoms with Crippen LogP contribution < -0.4 is 5.32 Å². The first-order chi connectivity index (χ1) is 6.88. The van der Waals surface area contributed by atoms with Crippen LogP contribution in [-0.2, 0) is 0 Å². The summed E-state index contributed by atoms with van der Waals surface area (Å²) in [7, 11) is 0. The lowest BCUT2D eigenvalue weighted by atomic mass is 10.2. The normalized spacial score (nSPS) is 20.6. The molecule has 0 amide bonds. The van der Waals surface area contributed by atoms with Crippen LogP contribution in [-0.4, -0.2) is 41.0 Å². The topological polar surface area (TPSA) is 41.1 Å². The molecule has 0 unspecified atom stereocenters. The summed E-state index contributed by atoms with van der Waals surface area (Å²) in [5.74, 6) is 0. The van der Waals surface area contributed by atoms with E-state index in [9.17, 15) is 0 Å². The number of hydrogen-bond donors (Lipinski definition) is 1. The summed E-state index contributed by atoms with van der Waals surface area (Å²) in [5, 5.41) is 3.34. The van der Waals surface area contributed by atoms with Gasteiger partial charge in [0.1, 0.15) is 0 Å². The zero-order valence-electron chi connectivity index (χ0n) is 8.48. The predicted molar refractivity (Wildman–Crippen MR) is 54.9 cm³/mol. The van der Waals surface area contributed by atoms with E-state index in [-0.39, 0.29) is 0 Å². The van der Waals surface area contributed by atoms with Gasteiger partial charge in [-0.25, -0.2) is 0 Å². The Kier molecular flexibility index (Phi) is 3.06. The molecule has 0 spiro atoms. The third-order valence-electron chi connectivity index (χ3n) is 2.71. The molecule has 76 valence electrons. The van der Waals surface area contributed by atoms with Crippen molar-refractivity contribution < 1.29 is 0 Å². The van der Waals surface area contributed by atoms with Gasteiger partial charge >= 0.3 is 0 Å². The highest BCUT2D eigenvalue weighted by molar-refractivity contribution is 5.01. The minimum Gasteiger partial charge on any atom is -0.314 e. The second kappa shape index (κ2) is 4.48. The van der Waals surface area contributed by atoms with E-state index in [1.807, 2.05) is 6.20 Å². The number of piperazine rings is 1. The van der Waals surface area contributed by atoms with E-state index in [0.717, 1.165) is 31.9 Å². The van der Waals surface area contributed by atoms with Gasteiger partial charge in [0.25, 0.3) is 0 Å². The highest BCUT2D eigenvalue weighted by Crippen LogP contribution is 2.16. The molecular weight excluding hydrogens is 176 g/mol. The summed E-state index contributed by atoms with van der Waals surface area (Å²) in [6.07, 6.45) is 5.33. The molecule has 0 bridgehead atoms. The second-order valence-electron chi connectivity index (χ2n) is 3.59. The van der Waals surface area contributed by atoms with Crippen LogP contribution in [0.15, 0.2) is 18.6 Å². The first-order valence-corrected chi connectivity index (χ1v) is 5.08. The van der Waals surface area contributed by atoms with Gasteiger partial charge in [0, 0.05) is 44.8 Å². The summed E-state index contributed by atoms with van der Waals surface area (Å²) in [6, 6.07) is 0.380. The fourth-order valence-corrected chi connectivity index (χ4v) is 1.78. The number of nitrogens with one attached hydrogen (secondary N) is 1. The van der Waals surface area contributed by atoms with E-state index < -0.39 is 0 Å². The van der Waals surface area contributed by atoms with Crippen LogP contribution in [0, 0.1) is 0 Å². The Balaban J connectivity index is 2.03. The fourth-order valence-electron chi connectivity index (χ4n) is 1.78. The predicted octanol–water partition coefficient (Wildman–Crippen LogP) is 0.443. The van der Waals surface area contributed by atoms with Gasteiger partial charge in [-0.15, -0.1) is 0 Å². The van der Waals surface area contributed by atoms with Crippen molar-refractivity contribution in [3.8, 4) is 0 Å². The lowest BCUT2D eigenvalue weighted by molar-refractivity contribution is 0.182. The van der Waals surface area contributed by atoms with Crippen molar-refractivity contribution in [3.05, 3.63) is 24.3 Å². The van der Waals surface area contributed by atoms with E-state index in [1.165, 1.54) is 0 Å². The molecule has 1 aromatic heterocycles. The summed E-state index contributed by atoms with van der Waals surface area (Å²) >= 11 is 0. The Hall–Kier alpha value is -1.00. The molecule has 2 heterocycles. The Labute approximate surface area is 84.4 Å². The SMILES string of the molecule is C[C@H](c1cnccn1)N1CCNCC1. The van der Waals surface area contributed by atoms with E-state index in [2.05, 4.69) is 27.1 Å². The lowest BCUT2D eigenvalue weighted by Gasteiger charge is -2.32. The van der Waals surface area contributed by atoms with Crippen molar-refractivity contribution in [2.75, 3.05) is 26.2 Å². The number of rotatable bonds is 2. The smallest absolute Gasteiger partial charge is 0.0755 e. The van der Waals surface area contributed by atoms with Crippen LogP contribution in [0.25, 0.3) is 0 Å². The van der Waals surface area contributed by atoms with Crippen molar-refractivity contribution in [1.29, 1.82) is 0 Å². The summed E-state index contributed by atoms with van der Waals surface area (Å²) in [5.41, 5.74) is 1.06. The largest absolute Gasteiger partial charge is 0.314 e. The van der Waals surface area contributed by atoms with Crippen LogP contribution in [0.4, 0.5) is 0 Å². The fraction of sp³-hybridized carbons (Fsp3) is 0.600. The van der Waals surface area contributed by atoms with Crippen LogP contribution >= 0.6 is 0 Å². The second-order valence-corrected chi connectivity index (χ2v) is 3.59. The van der Waals surface area contributed by atoms with Gasteiger partial charge in [0.15, 0.2) is 0 Å². The molecule has 1 aromatic rings. The van der Waals surface area contributed by atoms with Crippen LogP contribution in [0.5, 0.6) is 0 Å². The van der Waals surface area contributed by atoms with Crippen molar-refractivity contribution in [3.63, 3.8) is 0 Å². The molecule has 14 heavy (non-hydrogen) atoms. The molecule has 0 saturated carbocycles. The monoisotopic (exact) mass is 192 g/mol. The van der Waals surface area contributed by atoms with Crippen molar-refractivity contribution in [2.24, 2.45) is 0 Å². The van der Waals surface area contributed by atoms with E-state index >= 15 is 0 Å². The molecule has 1 aliphatic heterocycles. The molecule has 4 nitrogen and oxygen atoms in total. The van der Waals surface area contributed by atoms with Crippen LogP contribution in [0.1, 0.15) is 18.7 Å².